The largest absolute Gasteiger partial charge is 0.489 e. The number of hydrazine groups is 1. The monoisotopic (exact) mass is 463 g/mol. The van der Waals surface area contributed by atoms with Gasteiger partial charge in [-0.1, -0.05) is 25.1 Å². The van der Waals surface area contributed by atoms with Crippen molar-refractivity contribution in [3.8, 4) is 11.4 Å². The van der Waals surface area contributed by atoms with Crippen LogP contribution >= 0.6 is 0 Å². The zero-order valence-electron chi connectivity index (χ0n) is 18.4. The van der Waals surface area contributed by atoms with Crippen LogP contribution in [0, 0.1) is 24.4 Å². The van der Waals surface area contributed by atoms with E-state index >= 15 is 0 Å². The number of ether oxygens (including phenoxy) is 1. The minimum atomic E-state index is -1.27. The molecule has 172 valence electrons. The fourth-order valence-corrected chi connectivity index (χ4v) is 4.78. The quantitative estimate of drug-likeness (QED) is 0.433. The summed E-state index contributed by atoms with van der Waals surface area (Å²) in [6, 6.07) is 9.24. The van der Waals surface area contributed by atoms with E-state index in [4.69, 9.17) is 4.74 Å². The summed E-state index contributed by atoms with van der Waals surface area (Å²) in [4.78, 5) is 4.54. The Kier molecular flexibility index (Phi) is 4.55. The van der Waals surface area contributed by atoms with Crippen LogP contribution in [0.2, 0.25) is 0 Å². The van der Waals surface area contributed by atoms with Crippen LogP contribution in [0.3, 0.4) is 0 Å². The van der Waals surface area contributed by atoms with Gasteiger partial charge >= 0.3 is 0 Å². The van der Waals surface area contributed by atoms with E-state index in [1.165, 1.54) is 4.68 Å². The molecule has 9 heteroatoms. The lowest BCUT2D eigenvalue weighted by molar-refractivity contribution is 0.304. The number of hydrogen-bond donors (Lipinski definition) is 1. The second-order valence-corrected chi connectivity index (χ2v) is 8.45. The first-order chi connectivity index (χ1) is 16.4. The first-order valence-corrected chi connectivity index (χ1v) is 10.9. The van der Waals surface area contributed by atoms with Crippen LogP contribution in [-0.4, -0.2) is 27.9 Å². The summed E-state index contributed by atoms with van der Waals surface area (Å²) in [7, 11) is 0. The molecule has 0 spiro atoms. The van der Waals surface area contributed by atoms with Gasteiger partial charge in [-0.05, 0) is 24.6 Å². The molecule has 0 bridgehead atoms. The summed E-state index contributed by atoms with van der Waals surface area (Å²) < 4.78 is 49.2. The van der Waals surface area contributed by atoms with E-state index in [0.29, 0.717) is 30.6 Å². The minimum Gasteiger partial charge on any atom is -0.489 e. The highest BCUT2D eigenvalue weighted by atomic mass is 19.2. The molecule has 6 rings (SSSR count). The van der Waals surface area contributed by atoms with Crippen molar-refractivity contribution in [3.05, 3.63) is 82.9 Å². The molecule has 2 aromatic carbocycles. The fraction of sp³-hybridized carbons (Fsp3) is 0.200. The van der Waals surface area contributed by atoms with Crippen molar-refractivity contribution in [1.29, 1.82) is 0 Å². The smallest absolute Gasteiger partial charge is 0.184 e. The van der Waals surface area contributed by atoms with E-state index in [1.54, 1.807) is 13.1 Å². The normalized spacial score (nSPS) is 16.8. The maximum atomic E-state index is 14.5. The SMILES string of the molecule is Cc1nn(-c2cc(F)cc(F)c2F)c2ncc3c(c12)C(C)C=C3NN1CCOc2ccccc21. The molecule has 1 atom stereocenters. The molecule has 1 aliphatic carbocycles. The van der Waals surface area contributed by atoms with E-state index in [-0.39, 0.29) is 11.6 Å². The third-order valence-corrected chi connectivity index (χ3v) is 6.26. The van der Waals surface area contributed by atoms with E-state index in [9.17, 15) is 13.2 Å². The predicted octanol–water partition coefficient (Wildman–Crippen LogP) is 5.01. The van der Waals surface area contributed by atoms with Crippen molar-refractivity contribution < 1.29 is 17.9 Å². The molecule has 0 radical (unpaired) electrons. The Morgan fingerprint density at radius 3 is 2.79 bits per heavy atom. The molecule has 2 aliphatic rings. The number of rotatable bonds is 3. The summed E-state index contributed by atoms with van der Waals surface area (Å²) in [5.41, 5.74) is 7.84. The van der Waals surface area contributed by atoms with E-state index in [1.807, 2.05) is 29.3 Å². The Hall–Kier alpha value is -4.01. The van der Waals surface area contributed by atoms with Crippen LogP contribution in [0.1, 0.15) is 29.7 Å². The molecule has 2 aromatic heterocycles. The van der Waals surface area contributed by atoms with Gasteiger partial charge in [0.1, 0.15) is 23.9 Å². The number of aryl methyl sites for hydroxylation is 1. The molecular weight excluding hydrogens is 443 g/mol. The maximum absolute atomic E-state index is 14.5. The Balaban J connectivity index is 1.44. The molecule has 0 fully saturated rings. The Morgan fingerprint density at radius 2 is 1.94 bits per heavy atom. The molecule has 1 unspecified atom stereocenters. The van der Waals surface area contributed by atoms with Gasteiger partial charge in [-0.3, -0.25) is 10.4 Å². The summed E-state index contributed by atoms with van der Waals surface area (Å²) in [5, 5.41) is 7.18. The Morgan fingerprint density at radius 1 is 1.12 bits per heavy atom. The molecule has 6 nitrogen and oxygen atoms in total. The zero-order chi connectivity index (χ0) is 23.6. The topological polar surface area (TPSA) is 55.2 Å². The molecular formula is C25H20F3N5O. The van der Waals surface area contributed by atoms with Crippen molar-refractivity contribution >= 4 is 22.4 Å². The average Bonchev–Trinajstić information content (AvgIpc) is 3.33. The van der Waals surface area contributed by atoms with Gasteiger partial charge in [0.15, 0.2) is 17.3 Å². The van der Waals surface area contributed by atoms with Crippen LogP contribution in [0.4, 0.5) is 18.9 Å². The van der Waals surface area contributed by atoms with Crippen LogP contribution < -0.4 is 15.2 Å². The van der Waals surface area contributed by atoms with Crippen molar-refractivity contribution in [2.45, 2.75) is 19.8 Å². The number of benzene rings is 2. The number of nitrogens with one attached hydrogen (secondary N) is 1. The second-order valence-electron chi connectivity index (χ2n) is 8.45. The summed E-state index contributed by atoms with van der Waals surface area (Å²) in [5.74, 6) is -2.51. The van der Waals surface area contributed by atoms with Crippen LogP contribution in [0.15, 0.2) is 48.7 Å². The number of nitrogens with zero attached hydrogens (tertiary/aromatic N) is 4. The van der Waals surface area contributed by atoms with Gasteiger partial charge in [-0.2, -0.15) is 5.10 Å². The molecule has 1 N–H and O–H groups in total. The lowest BCUT2D eigenvalue weighted by Gasteiger charge is -2.32. The summed E-state index contributed by atoms with van der Waals surface area (Å²) in [6.07, 6.45) is 3.79. The van der Waals surface area contributed by atoms with Crippen LogP contribution in [-0.2, 0) is 0 Å². The highest BCUT2D eigenvalue weighted by Crippen LogP contribution is 2.41. The van der Waals surface area contributed by atoms with Crippen molar-refractivity contribution in [3.63, 3.8) is 0 Å². The first kappa shape index (κ1) is 20.6. The molecule has 34 heavy (non-hydrogen) atoms. The number of halogens is 3. The third kappa shape index (κ3) is 3.03. The Bertz CT molecular complexity index is 1500. The molecule has 3 heterocycles. The second kappa shape index (κ2) is 7.51. The number of anilines is 1. The number of para-hydroxylation sites is 2. The zero-order valence-corrected chi connectivity index (χ0v) is 18.4. The molecule has 0 saturated heterocycles. The van der Waals surface area contributed by atoms with Crippen molar-refractivity contribution in [2.24, 2.45) is 0 Å². The number of allylic oxidation sites excluding steroid dienone is 1. The number of hydrogen-bond acceptors (Lipinski definition) is 5. The van der Waals surface area contributed by atoms with Gasteiger partial charge in [0.25, 0.3) is 0 Å². The van der Waals surface area contributed by atoms with E-state index in [0.717, 1.165) is 39.7 Å². The molecule has 0 saturated carbocycles. The van der Waals surface area contributed by atoms with Crippen LogP contribution in [0.25, 0.3) is 22.4 Å². The van der Waals surface area contributed by atoms with E-state index in [2.05, 4.69) is 28.5 Å². The van der Waals surface area contributed by atoms with Gasteiger partial charge in [-0.25, -0.2) is 22.8 Å². The number of fused-ring (bicyclic) bond motifs is 4. The number of pyridine rings is 1. The maximum Gasteiger partial charge on any atom is 0.184 e. The number of aromatic nitrogens is 3. The summed E-state index contributed by atoms with van der Waals surface area (Å²) in [6.45, 7) is 5.05. The van der Waals surface area contributed by atoms with E-state index < -0.39 is 17.5 Å². The van der Waals surface area contributed by atoms with Gasteiger partial charge in [-0.15, -0.1) is 0 Å². The molecule has 0 amide bonds. The highest BCUT2D eigenvalue weighted by molar-refractivity contribution is 5.91. The lowest BCUT2D eigenvalue weighted by atomic mass is 9.99. The first-order valence-electron chi connectivity index (χ1n) is 10.9. The third-order valence-electron chi connectivity index (χ3n) is 6.26. The predicted molar refractivity (Wildman–Crippen MR) is 122 cm³/mol. The lowest BCUT2D eigenvalue weighted by Crippen LogP contribution is -2.42. The minimum absolute atomic E-state index is 0.0183. The highest BCUT2D eigenvalue weighted by Gasteiger charge is 2.29. The van der Waals surface area contributed by atoms with Gasteiger partial charge in [0.2, 0.25) is 0 Å². The average molecular weight is 463 g/mol. The van der Waals surface area contributed by atoms with Crippen molar-refractivity contribution in [1.82, 2.24) is 20.2 Å². The fourth-order valence-electron chi connectivity index (χ4n) is 4.78. The standard InChI is InChI=1S/C25H20F3N5O/c1-13-9-18(31-32-7-8-34-21-6-4-3-5-19(21)32)16-12-29-25-23(22(13)16)14(2)30-33(25)20-11-15(26)10-17(27)24(20)28/h3-6,9-13,31H,7-8H2,1-2H3. The summed E-state index contributed by atoms with van der Waals surface area (Å²) >= 11 is 0. The van der Waals surface area contributed by atoms with Gasteiger partial charge < -0.3 is 4.74 Å². The van der Waals surface area contributed by atoms with Gasteiger partial charge in [0, 0.05) is 35.2 Å². The van der Waals surface area contributed by atoms with Crippen molar-refractivity contribution in [2.75, 3.05) is 18.2 Å². The van der Waals surface area contributed by atoms with Crippen LogP contribution in [0.5, 0.6) is 5.75 Å². The molecule has 4 aromatic rings. The Labute approximate surface area is 193 Å². The van der Waals surface area contributed by atoms with Gasteiger partial charge in [0.05, 0.1) is 23.6 Å². The molecule has 1 aliphatic heterocycles.